The molecule has 0 unspecified atom stereocenters. The SMILES string of the molecule is CC[C@@]1(O)C(=O)OCc2c1cc1n(c2=O)Cc2c-1nc1cc(F)c(C)c3c1c2[C@@H](NC(=O)O[C@H]1/C=C/CC[C@@](C)(C(=O)NCCOCCOCCN(CCOCCOCCOCCC(=O)O)CCOCCOCCOCCC(=O)O)CC1)CC3. The Morgan fingerprint density at radius 2 is 1.35 bits per heavy atom. The lowest BCUT2D eigenvalue weighted by atomic mass is 9.78. The van der Waals surface area contributed by atoms with Crippen molar-refractivity contribution < 1.29 is 91.1 Å². The Labute approximate surface area is 487 Å². The molecule has 0 fully saturated rings. The largest absolute Gasteiger partial charge is 0.481 e. The fourth-order valence-corrected chi connectivity index (χ4v) is 10.8. The number of cyclic esters (lactones) is 1. The van der Waals surface area contributed by atoms with Gasteiger partial charge < -0.3 is 77.9 Å². The van der Waals surface area contributed by atoms with Crippen LogP contribution in [0.25, 0.3) is 22.3 Å². The Hall–Kier alpha value is -6.00. The summed E-state index contributed by atoms with van der Waals surface area (Å²) in [5, 5.41) is 35.6. The molecule has 84 heavy (non-hydrogen) atoms. The van der Waals surface area contributed by atoms with Crippen LogP contribution in [-0.4, -0.2) is 198 Å². The molecule has 2 aliphatic heterocycles. The highest BCUT2D eigenvalue weighted by Crippen LogP contribution is 2.46. The van der Waals surface area contributed by atoms with Crippen molar-refractivity contribution in [3.8, 4) is 11.4 Å². The number of fused-ring (bicyclic) bond motifs is 5. The number of nitrogens with one attached hydrogen (secondary N) is 2. The summed E-state index contributed by atoms with van der Waals surface area (Å²) in [6, 6.07) is 2.37. The molecule has 24 nitrogen and oxygen atoms in total. The van der Waals surface area contributed by atoms with Crippen LogP contribution in [0.2, 0.25) is 0 Å². The van der Waals surface area contributed by atoms with Gasteiger partial charge >= 0.3 is 24.0 Å². The molecule has 5 N–H and O–H groups in total. The summed E-state index contributed by atoms with van der Waals surface area (Å²) < 4.78 is 72.9. The van der Waals surface area contributed by atoms with E-state index in [1.807, 2.05) is 19.1 Å². The molecule has 4 heterocycles. The van der Waals surface area contributed by atoms with Crippen LogP contribution in [0.4, 0.5) is 9.18 Å². The van der Waals surface area contributed by atoms with Gasteiger partial charge in [-0.2, -0.15) is 0 Å². The number of hydrogen-bond donors (Lipinski definition) is 5. The van der Waals surface area contributed by atoms with Crippen molar-refractivity contribution in [1.29, 1.82) is 0 Å². The van der Waals surface area contributed by atoms with Crippen LogP contribution in [0.3, 0.4) is 0 Å². The maximum atomic E-state index is 15.5. The van der Waals surface area contributed by atoms with Crippen molar-refractivity contribution in [3.05, 3.63) is 73.8 Å². The molecular formula is C59H82FN5O19. The molecule has 0 radical (unpaired) electrons. The van der Waals surface area contributed by atoms with Crippen molar-refractivity contribution in [2.45, 2.75) is 109 Å². The normalized spacial score (nSPS) is 20.1. The first-order chi connectivity index (χ1) is 40.5. The molecule has 0 saturated heterocycles. The van der Waals surface area contributed by atoms with Gasteiger partial charge in [-0.25, -0.2) is 19.0 Å². The standard InChI is InChI=1S/C59H82FN5O19/c1-4-59(74)44-35-48-53-42(37-65(48)54(70)43(44)38-83-56(59)72)52-46(9-8-41-39(2)45(60)36-47(62-53)51(41)52)63-57(73)84-40-7-5-6-13-58(3,14-10-40)55(71)61-15-21-77-27-28-78-22-16-64(17-23-79-29-33-81-31-25-75-19-11-49(66)67)18-24-80-30-34-82-32-26-76-20-12-50(68)69/h5,7,35-36,40,46,74H,4,6,8-34,37-38H2,1-3H3,(H,61,71)(H,63,73)(H,66,67)(H,68,69)/b7-5+/t40-,46-,58+,59-/m0/s1. The Morgan fingerprint density at radius 1 is 0.774 bits per heavy atom. The number of carboxylic acid groups (broad SMARTS) is 2. The first-order valence-corrected chi connectivity index (χ1v) is 29.1. The summed E-state index contributed by atoms with van der Waals surface area (Å²) in [6.07, 6.45) is 5.19. The number of aryl methyl sites for hydroxylation is 1. The highest BCUT2D eigenvalue weighted by Gasteiger charge is 2.46. The lowest BCUT2D eigenvalue weighted by molar-refractivity contribution is -0.172. The molecule has 2 aliphatic carbocycles. The highest BCUT2D eigenvalue weighted by molar-refractivity contribution is 5.94. The summed E-state index contributed by atoms with van der Waals surface area (Å²) in [6.45, 7) is 12.5. The van der Waals surface area contributed by atoms with Crippen LogP contribution in [-0.2, 0) is 91.7 Å². The number of aliphatic hydroxyl groups is 1. The molecule has 7 rings (SSSR count). The highest BCUT2D eigenvalue weighted by atomic mass is 19.1. The van der Waals surface area contributed by atoms with Gasteiger partial charge in [-0.15, -0.1) is 0 Å². The summed E-state index contributed by atoms with van der Waals surface area (Å²) >= 11 is 0. The van der Waals surface area contributed by atoms with Crippen molar-refractivity contribution in [3.63, 3.8) is 0 Å². The molecule has 0 bridgehead atoms. The van der Waals surface area contributed by atoms with Gasteiger partial charge in [-0.1, -0.05) is 19.9 Å². The minimum absolute atomic E-state index is 0.0231. The number of carbonyl (C=O) groups is 5. The number of esters is 1. The van der Waals surface area contributed by atoms with Crippen molar-refractivity contribution in [1.82, 2.24) is 25.1 Å². The van der Waals surface area contributed by atoms with Crippen LogP contribution in [0.5, 0.6) is 0 Å². The maximum Gasteiger partial charge on any atom is 0.408 e. The second-order valence-corrected chi connectivity index (χ2v) is 21.3. The molecule has 25 heteroatoms. The van der Waals surface area contributed by atoms with E-state index >= 15 is 4.39 Å². The third-order valence-corrected chi connectivity index (χ3v) is 15.6. The molecule has 464 valence electrons. The number of ether oxygens (including phenoxy) is 10. The summed E-state index contributed by atoms with van der Waals surface area (Å²) in [4.78, 5) is 82.8. The topological polar surface area (TPSA) is 301 Å². The minimum Gasteiger partial charge on any atom is -0.481 e. The number of rotatable bonds is 37. The number of amides is 2. The molecule has 2 aromatic heterocycles. The number of pyridine rings is 2. The molecule has 3 aromatic rings. The first kappa shape index (κ1) is 65.5. The van der Waals surface area contributed by atoms with Crippen LogP contribution in [0.15, 0.2) is 29.1 Å². The molecule has 2 amide bonds. The van der Waals surface area contributed by atoms with Crippen LogP contribution < -0.4 is 16.2 Å². The Balaban J connectivity index is 0.827. The van der Waals surface area contributed by atoms with Crippen LogP contribution in [0.1, 0.15) is 105 Å². The predicted molar refractivity (Wildman–Crippen MR) is 300 cm³/mol. The predicted octanol–water partition coefficient (Wildman–Crippen LogP) is 4.25. The number of carbonyl (C=O) groups excluding carboxylic acids is 3. The van der Waals surface area contributed by atoms with E-state index in [0.717, 1.165) is 5.56 Å². The van der Waals surface area contributed by atoms with Gasteiger partial charge in [0.15, 0.2) is 5.60 Å². The zero-order valence-electron chi connectivity index (χ0n) is 48.5. The number of nitrogens with zero attached hydrogens (tertiary/aromatic N) is 3. The fraction of sp³-hybridized carbons (Fsp3) is 0.644. The molecule has 4 aliphatic rings. The van der Waals surface area contributed by atoms with E-state index in [1.165, 1.54) is 10.6 Å². The van der Waals surface area contributed by atoms with E-state index in [1.54, 1.807) is 19.9 Å². The summed E-state index contributed by atoms with van der Waals surface area (Å²) in [5.41, 5.74) is 0.880. The molecule has 0 saturated carbocycles. The number of hydrogen-bond acceptors (Lipinski definition) is 19. The van der Waals surface area contributed by atoms with E-state index in [4.69, 9.17) is 62.6 Å². The zero-order valence-corrected chi connectivity index (χ0v) is 48.5. The smallest absolute Gasteiger partial charge is 0.408 e. The average molecular weight is 1180 g/mol. The van der Waals surface area contributed by atoms with Gasteiger partial charge in [0, 0.05) is 54.2 Å². The van der Waals surface area contributed by atoms with E-state index in [-0.39, 0.29) is 75.8 Å². The number of carboxylic acids is 2. The maximum absolute atomic E-state index is 15.5. The Morgan fingerprint density at radius 3 is 1.93 bits per heavy atom. The molecule has 4 atom stereocenters. The van der Waals surface area contributed by atoms with Crippen LogP contribution >= 0.6 is 0 Å². The van der Waals surface area contributed by atoms with E-state index < -0.39 is 58.5 Å². The summed E-state index contributed by atoms with van der Waals surface area (Å²) in [7, 11) is 0. The van der Waals surface area contributed by atoms with Crippen molar-refractivity contribution in [2.24, 2.45) is 5.41 Å². The van der Waals surface area contributed by atoms with Crippen molar-refractivity contribution in [2.75, 3.05) is 132 Å². The monoisotopic (exact) mass is 1180 g/mol. The summed E-state index contributed by atoms with van der Waals surface area (Å²) in [5.74, 6) is -3.23. The number of alkyl carbamates (subject to hydrolysis) is 1. The lowest BCUT2D eigenvalue weighted by Crippen LogP contribution is -2.44. The number of aliphatic carboxylic acids is 2. The van der Waals surface area contributed by atoms with Crippen molar-refractivity contribution >= 4 is 40.8 Å². The van der Waals surface area contributed by atoms with E-state index in [9.17, 15) is 33.9 Å². The zero-order chi connectivity index (χ0) is 60.1. The number of allylic oxidation sites excluding steroid dienone is 1. The van der Waals surface area contributed by atoms with Gasteiger partial charge in [-0.05, 0) is 80.7 Å². The third-order valence-electron chi connectivity index (χ3n) is 15.6. The first-order valence-electron chi connectivity index (χ1n) is 29.1. The number of benzene rings is 1. The van der Waals surface area contributed by atoms with E-state index in [0.29, 0.717) is 183 Å². The Bertz CT molecular complexity index is 2800. The van der Waals surface area contributed by atoms with Gasteiger partial charge in [0.25, 0.3) is 5.56 Å². The van der Waals surface area contributed by atoms with Gasteiger partial charge in [0.1, 0.15) is 18.5 Å². The lowest BCUT2D eigenvalue weighted by Gasteiger charge is -2.32. The number of aromatic nitrogens is 2. The Kier molecular flexibility index (Phi) is 25.4. The third kappa shape index (κ3) is 17.8. The van der Waals surface area contributed by atoms with Crippen LogP contribution in [0, 0.1) is 18.2 Å². The molecular weight excluding hydrogens is 1100 g/mol. The fourth-order valence-electron chi connectivity index (χ4n) is 10.8. The van der Waals surface area contributed by atoms with E-state index in [2.05, 4.69) is 15.5 Å². The molecule has 1 aromatic carbocycles. The quantitative estimate of drug-likeness (QED) is 0.0240. The van der Waals surface area contributed by atoms with Gasteiger partial charge in [0.2, 0.25) is 5.91 Å². The average Bonchev–Trinajstić information content (AvgIpc) is 1.51. The second-order valence-electron chi connectivity index (χ2n) is 21.3. The number of halogens is 1. The molecule has 0 spiro atoms. The van der Waals surface area contributed by atoms with Gasteiger partial charge in [-0.3, -0.25) is 24.1 Å². The van der Waals surface area contributed by atoms with Gasteiger partial charge in [0.05, 0.1) is 154 Å². The second kappa shape index (κ2) is 32.5. The minimum atomic E-state index is -2.03.